The predicted octanol–water partition coefficient (Wildman–Crippen LogP) is 5.10. The zero-order valence-electron chi connectivity index (χ0n) is 18.1. The maximum atomic E-state index is 8.60. The molecule has 0 amide bonds. The van der Waals surface area contributed by atoms with Gasteiger partial charge >= 0.3 is 0 Å². The quantitative estimate of drug-likeness (QED) is 0.720. The number of benzene rings is 2. The Morgan fingerprint density at radius 3 is 2.46 bits per heavy atom. The Morgan fingerprint density at radius 1 is 1.17 bits per heavy atom. The summed E-state index contributed by atoms with van der Waals surface area (Å²) in [5, 5.41) is 0.574. The monoisotopic (exact) mass is 347 g/mol. The normalized spacial score (nSPS) is 24.5. The van der Waals surface area contributed by atoms with Gasteiger partial charge in [0.15, 0.2) is 0 Å². The largest absolute Gasteiger partial charge is 0.366 e. The highest BCUT2D eigenvalue weighted by molar-refractivity contribution is 6.30. The standard InChI is InChI=1S/C21H26ClNO/c1-21(17-7-4-3-5-8-17,18-10-12-19(22)13-11-18)24-16-14-20-9-6-15-23(20)2/h3-5,7-8,10-13,20H,6,9,14-16H2,1-2H3/t20?,21-/m1/s1/i14D2,16D2. The summed E-state index contributed by atoms with van der Waals surface area (Å²) in [6.45, 7) is 0.0196. The van der Waals surface area contributed by atoms with Crippen LogP contribution in [0.5, 0.6) is 0 Å². The lowest BCUT2D eigenvalue weighted by Gasteiger charge is -2.32. The summed E-state index contributed by atoms with van der Waals surface area (Å²) in [6, 6.07) is 15.9. The van der Waals surface area contributed by atoms with Gasteiger partial charge in [0.1, 0.15) is 5.60 Å². The second-order valence-electron chi connectivity index (χ2n) is 6.39. The molecule has 0 N–H and O–H groups in total. The fraction of sp³-hybridized carbons (Fsp3) is 0.429. The van der Waals surface area contributed by atoms with Crippen LogP contribution >= 0.6 is 11.6 Å². The molecule has 2 aromatic rings. The van der Waals surface area contributed by atoms with Crippen LogP contribution in [0.4, 0.5) is 0 Å². The van der Waals surface area contributed by atoms with Gasteiger partial charge in [0.2, 0.25) is 0 Å². The van der Waals surface area contributed by atoms with Crippen molar-refractivity contribution in [1.29, 1.82) is 0 Å². The van der Waals surface area contributed by atoms with Gasteiger partial charge in [0.25, 0.3) is 0 Å². The molecule has 2 aromatic carbocycles. The molecule has 1 heterocycles. The third-order valence-corrected chi connectivity index (χ3v) is 4.97. The van der Waals surface area contributed by atoms with Crippen molar-refractivity contribution in [2.45, 2.75) is 37.8 Å². The van der Waals surface area contributed by atoms with Gasteiger partial charge in [0, 0.05) is 20.4 Å². The zero-order valence-corrected chi connectivity index (χ0v) is 14.9. The minimum Gasteiger partial charge on any atom is -0.366 e. The third-order valence-electron chi connectivity index (χ3n) is 4.72. The van der Waals surface area contributed by atoms with E-state index >= 15 is 0 Å². The van der Waals surface area contributed by atoms with Crippen molar-refractivity contribution in [3.63, 3.8) is 0 Å². The molecule has 0 radical (unpaired) electrons. The van der Waals surface area contributed by atoms with Crippen LogP contribution in [0.25, 0.3) is 0 Å². The van der Waals surface area contributed by atoms with E-state index in [1.807, 2.05) is 42.3 Å². The Bertz CT molecular complexity index is 800. The maximum Gasteiger partial charge on any atom is 0.115 e. The Kier molecular flexibility index (Phi) is 4.14. The van der Waals surface area contributed by atoms with E-state index in [2.05, 4.69) is 0 Å². The topological polar surface area (TPSA) is 12.5 Å². The maximum absolute atomic E-state index is 8.60. The summed E-state index contributed by atoms with van der Waals surface area (Å²) in [4.78, 5) is 1.88. The van der Waals surface area contributed by atoms with E-state index in [-0.39, 0.29) is 0 Å². The van der Waals surface area contributed by atoms with E-state index in [1.54, 1.807) is 31.2 Å². The number of hydrogen-bond acceptors (Lipinski definition) is 2. The van der Waals surface area contributed by atoms with Crippen molar-refractivity contribution >= 4 is 11.6 Å². The number of ether oxygens (including phenoxy) is 1. The number of nitrogens with zero attached hydrogens (tertiary/aromatic N) is 1. The first-order valence-electron chi connectivity index (χ1n) is 10.3. The van der Waals surface area contributed by atoms with Crippen molar-refractivity contribution < 1.29 is 10.2 Å². The van der Waals surface area contributed by atoms with E-state index in [1.165, 1.54) is 0 Å². The van der Waals surface area contributed by atoms with Crippen molar-refractivity contribution in [2.75, 3.05) is 20.2 Å². The smallest absolute Gasteiger partial charge is 0.115 e. The molecule has 128 valence electrons. The molecule has 2 atom stereocenters. The lowest BCUT2D eigenvalue weighted by Crippen LogP contribution is -2.31. The molecule has 0 spiro atoms. The zero-order chi connectivity index (χ0) is 20.6. The van der Waals surface area contributed by atoms with Crippen molar-refractivity contribution in [3.05, 3.63) is 70.7 Å². The summed E-state index contributed by atoms with van der Waals surface area (Å²) in [5.74, 6) is 0. The van der Waals surface area contributed by atoms with Crippen LogP contribution in [0.1, 0.15) is 42.7 Å². The lowest BCUT2D eigenvalue weighted by molar-refractivity contribution is -0.0117. The van der Waals surface area contributed by atoms with Gasteiger partial charge in [-0.1, -0.05) is 54.1 Å². The second kappa shape index (κ2) is 7.69. The molecule has 3 rings (SSSR count). The molecule has 2 nitrogen and oxygen atoms in total. The highest BCUT2D eigenvalue weighted by Gasteiger charge is 2.30. The molecule has 1 fully saturated rings. The molecular formula is C21H26ClNO. The van der Waals surface area contributed by atoms with E-state index in [4.69, 9.17) is 21.8 Å². The molecule has 1 aliphatic heterocycles. The van der Waals surface area contributed by atoms with Gasteiger partial charge in [-0.2, -0.15) is 0 Å². The first-order valence-corrected chi connectivity index (χ1v) is 8.68. The number of rotatable bonds is 6. The third kappa shape index (κ3) is 3.83. The van der Waals surface area contributed by atoms with Crippen molar-refractivity contribution in [1.82, 2.24) is 4.90 Å². The highest BCUT2D eigenvalue weighted by Crippen LogP contribution is 2.34. The molecule has 0 bridgehead atoms. The van der Waals surface area contributed by atoms with Crippen LogP contribution < -0.4 is 0 Å². The van der Waals surface area contributed by atoms with Crippen LogP contribution in [0.2, 0.25) is 5.02 Å². The predicted molar refractivity (Wildman–Crippen MR) is 101 cm³/mol. The van der Waals surface area contributed by atoms with Gasteiger partial charge < -0.3 is 9.64 Å². The molecule has 0 saturated carbocycles. The Hall–Kier alpha value is -1.35. The fourth-order valence-electron chi connectivity index (χ4n) is 3.10. The Labute approximate surface area is 156 Å². The molecule has 1 aliphatic rings. The fourth-order valence-corrected chi connectivity index (χ4v) is 3.23. The molecule has 3 heteroatoms. The molecule has 0 aromatic heterocycles. The average molecular weight is 348 g/mol. The van der Waals surface area contributed by atoms with Gasteiger partial charge in [-0.25, -0.2) is 0 Å². The van der Waals surface area contributed by atoms with Crippen LogP contribution in [0.15, 0.2) is 54.6 Å². The van der Waals surface area contributed by atoms with Crippen LogP contribution in [0.3, 0.4) is 0 Å². The van der Waals surface area contributed by atoms with Crippen LogP contribution in [0, 0.1) is 0 Å². The Balaban J connectivity index is 2.02. The summed E-state index contributed by atoms with van der Waals surface area (Å²) < 4.78 is 40.4. The average Bonchev–Trinajstić information content (AvgIpc) is 3.09. The molecular weight excluding hydrogens is 318 g/mol. The van der Waals surface area contributed by atoms with Gasteiger partial charge in [-0.15, -0.1) is 0 Å². The summed E-state index contributed by atoms with van der Waals surface area (Å²) >= 11 is 6.04. The van der Waals surface area contributed by atoms with Crippen LogP contribution in [-0.2, 0) is 10.3 Å². The summed E-state index contributed by atoms with van der Waals surface area (Å²) in [5.41, 5.74) is 0.277. The second-order valence-corrected chi connectivity index (χ2v) is 6.83. The molecule has 1 unspecified atom stereocenters. The molecule has 24 heavy (non-hydrogen) atoms. The summed E-state index contributed by atoms with van der Waals surface area (Å²) in [7, 11) is 1.83. The number of hydrogen-bond donors (Lipinski definition) is 0. The van der Waals surface area contributed by atoms with Gasteiger partial charge in [-0.3, -0.25) is 0 Å². The van der Waals surface area contributed by atoms with E-state index in [0.717, 1.165) is 18.5 Å². The van der Waals surface area contributed by atoms with Gasteiger partial charge in [0.05, 0.1) is 2.74 Å². The number of likely N-dealkylation sites (tertiary alicyclic amines) is 1. The van der Waals surface area contributed by atoms with Gasteiger partial charge in [-0.05, 0) is 63.0 Å². The van der Waals surface area contributed by atoms with E-state index < -0.39 is 24.6 Å². The number of halogens is 1. The van der Waals surface area contributed by atoms with Crippen LogP contribution in [-0.4, -0.2) is 31.1 Å². The van der Waals surface area contributed by atoms with Crippen molar-refractivity contribution in [2.24, 2.45) is 0 Å². The summed E-state index contributed by atoms with van der Waals surface area (Å²) in [6.07, 6.45) is -0.722. The molecule has 1 saturated heterocycles. The van der Waals surface area contributed by atoms with Crippen molar-refractivity contribution in [3.8, 4) is 0 Å². The SMILES string of the molecule is [2H]C([2H])(O[C@](C)(c1ccccc1)c1ccc(Cl)cc1)C([2H])([2H])C1CCCN1C. The van der Waals surface area contributed by atoms with E-state index in [9.17, 15) is 0 Å². The lowest BCUT2D eigenvalue weighted by atomic mass is 9.88. The highest BCUT2D eigenvalue weighted by atomic mass is 35.5. The molecule has 0 aliphatic carbocycles. The minimum absolute atomic E-state index is 0.534. The first-order chi connectivity index (χ1) is 13.1. The van der Waals surface area contributed by atoms with E-state index in [0.29, 0.717) is 17.0 Å². The minimum atomic E-state index is -2.51. The first kappa shape index (κ1) is 12.9. The Morgan fingerprint density at radius 2 is 1.83 bits per heavy atom.